The molecule has 1 atom stereocenters. The summed E-state index contributed by atoms with van der Waals surface area (Å²) in [5.74, 6) is -0.381. The Kier molecular flexibility index (Phi) is 3.40. The molecule has 0 saturated heterocycles. The van der Waals surface area contributed by atoms with Crippen LogP contribution >= 0.6 is 0 Å². The van der Waals surface area contributed by atoms with Gasteiger partial charge in [0, 0.05) is 6.20 Å². The summed E-state index contributed by atoms with van der Waals surface area (Å²) in [7, 11) is 0. The molecule has 18 heavy (non-hydrogen) atoms. The fraction of sp³-hybridized carbons (Fsp3) is 0.455. The Bertz CT molecular complexity index is 599. The lowest BCUT2D eigenvalue weighted by Crippen LogP contribution is -2.26. The molecule has 1 aliphatic heterocycles. The van der Waals surface area contributed by atoms with Crippen LogP contribution in [-0.2, 0) is 9.53 Å². The zero-order valence-electron chi connectivity index (χ0n) is 9.86. The van der Waals surface area contributed by atoms with E-state index in [9.17, 15) is 14.4 Å². The highest BCUT2D eigenvalue weighted by atomic mass is 16.5. The highest BCUT2D eigenvalue weighted by molar-refractivity contribution is 6.03. The molecule has 0 aliphatic carbocycles. The third kappa shape index (κ3) is 2.39. The maximum absolute atomic E-state index is 11.6. The Morgan fingerprint density at radius 2 is 2.33 bits per heavy atom. The van der Waals surface area contributed by atoms with Gasteiger partial charge in [0.2, 0.25) is 0 Å². The van der Waals surface area contributed by atoms with Crippen molar-refractivity contribution in [2.24, 2.45) is 4.99 Å². The van der Waals surface area contributed by atoms with Crippen molar-refractivity contribution in [1.29, 1.82) is 0 Å². The van der Waals surface area contributed by atoms with Crippen molar-refractivity contribution >= 4 is 11.7 Å². The fourth-order valence-electron chi connectivity index (χ4n) is 1.83. The molecular formula is C11H13N3O4. The van der Waals surface area contributed by atoms with Gasteiger partial charge in [-0.1, -0.05) is 0 Å². The van der Waals surface area contributed by atoms with Crippen molar-refractivity contribution in [2.45, 2.75) is 25.8 Å². The fourth-order valence-corrected chi connectivity index (χ4v) is 1.83. The highest BCUT2D eigenvalue weighted by Gasteiger charge is 2.27. The third-order valence-electron chi connectivity index (χ3n) is 2.66. The van der Waals surface area contributed by atoms with E-state index in [1.165, 1.54) is 6.20 Å². The number of aromatic amines is 2. The summed E-state index contributed by atoms with van der Waals surface area (Å²) in [6.45, 7) is 2.03. The van der Waals surface area contributed by atoms with Gasteiger partial charge in [0.25, 0.3) is 5.56 Å². The summed E-state index contributed by atoms with van der Waals surface area (Å²) in [4.78, 5) is 42.6. The highest BCUT2D eigenvalue weighted by Crippen LogP contribution is 2.17. The molecule has 0 unspecified atom stereocenters. The summed E-state index contributed by atoms with van der Waals surface area (Å²) in [6.07, 6.45) is 2.35. The number of ether oxygens (including phenoxy) is 1. The number of rotatable bonds is 3. The first-order valence-corrected chi connectivity index (χ1v) is 5.67. The largest absolute Gasteiger partial charge is 0.464 e. The van der Waals surface area contributed by atoms with Gasteiger partial charge in [-0.05, 0) is 19.8 Å². The number of esters is 1. The Morgan fingerprint density at radius 3 is 3.00 bits per heavy atom. The van der Waals surface area contributed by atoms with Gasteiger partial charge in [0.1, 0.15) is 6.04 Å². The van der Waals surface area contributed by atoms with Gasteiger partial charge >= 0.3 is 11.7 Å². The molecule has 2 rings (SSSR count). The smallest absolute Gasteiger partial charge is 0.330 e. The van der Waals surface area contributed by atoms with Gasteiger partial charge in [-0.15, -0.1) is 0 Å². The molecule has 1 aromatic rings. The van der Waals surface area contributed by atoms with E-state index in [-0.39, 0.29) is 5.97 Å². The molecule has 0 radical (unpaired) electrons. The molecule has 0 aromatic carbocycles. The van der Waals surface area contributed by atoms with E-state index in [0.717, 1.165) is 0 Å². The SMILES string of the molecule is CCOC(=O)[C@@H]1CCC(c2c[nH]c(=O)[nH]c2=O)=N1. The number of aromatic nitrogens is 2. The van der Waals surface area contributed by atoms with Crippen LogP contribution in [-0.4, -0.2) is 34.3 Å². The van der Waals surface area contributed by atoms with Gasteiger partial charge in [0.05, 0.1) is 17.9 Å². The first-order valence-electron chi connectivity index (χ1n) is 5.67. The average molecular weight is 251 g/mol. The summed E-state index contributed by atoms with van der Waals surface area (Å²) >= 11 is 0. The second-order valence-corrected chi connectivity index (χ2v) is 3.87. The van der Waals surface area contributed by atoms with Gasteiger partial charge in [-0.25, -0.2) is 9.59 Å². The first-order chi connectivity index (χ1) is 8.61. The monoisotopic (exact) mass is 251 g/mol. The Hall–Kier alpha value is -2.18. The van der Waals surface area contributed by atoms with Crippen LogP contribution < -0.4 is 11.2 Å². The van der Waals surface area contributed by atoms with Gasteiger partial charge in [-0.3, -0.25) is 14.8 Å². The van der Waals surface area contributed by atoms with E-state index in [1.807, 2.05) is 0 Å². The predicted molar refractivity (Wildman–Crippen MR) is 63.9 cm³/mol. The molecule has 2 N–H and O–H groups in total. The van der Waals surface area contributed by atoms with Crippen LogP contribution in [0.2, 0.25) is 0 Å². The van der Waals surface area contributed by atoms with E-state index >= 15 is 0 Å². The van der Waals surface area contributed by atoms with Crippen LogP contribution in [0.15, 0.2) is 20.8 Å². The van der Waals surface area contributed by atoms with E-state index in [1.54, 1.807) is 6.92 Å². The van der Waals surface area contributed by atoms with Crippen LogP contribution in [0.4, 0.5) is 0 Å². The van der Waals surface area contributed by atoms with Crippen molar-refractivity contribution in [3.63, 3.8) is 0 Å². The van der Waals surface area contributed by atoms with Crippen LogP contribution in [0.3, 0.4) is 0 Å². The zero-order chi connectivity index (χ0) is 13.1. The molecule has 0 bridgehead atoms. The van der Waals surface area contributed by atoms with Crippen molar-refractivity contribution in [3.8, 4) is 0 Å². The number of hydrogen-bond donors (Lipinski definition) is 2. The normalized spacial score (nSPS) is 18.5. The zero-order valence-corrected chi connectivity index (χ0v) is 9.86. The molecular weight excluding hydrogens is 238 g/mol. The van der Waals surface area contributed by atoms with Crippen LogP contribution in [0.1, 0.15) is 25.3 Å². The van der Waals surface area contributed by atoms with Crippen molar-refractivity contribution in [2.75, 3.05) is 6.61 Å². The lowest BCUT2D eigenvalue weighted by Gasteiger charge is -2.04. The topological polar surface area (TPSA) is 104 Å². The number of nitrogens with one attached hydrogen (secondary N) is 2. The molecule has 1 aromatic heterocycles. The number of carbonyl (C=O) groups excluding carboxylic acids is 1. The molecule has 96 valence electrons. The predicted octanol–water partition coefficient (Wildman–Crippen LogP) is -0.422. The molecule has 0 amide bonds. The molecule has 0 spiro atoms. The third-order valence-corrected chi connectivity index (χ3v) is 2.66. The van der Waals surface area contributed by atoms with Crippen LogP contribution in [0, 0.1) is 0 Å². The van der Waals surface area contributed by atoms with E-state index in [0.29, 0.717) is 30.7 Å². The molecule has 1 aliphatic rings. The number of nitrogens with zero attached hydrogens (tertiary/aromatic N) is 1. The molecule has 0 saturated carbocycles. The van der Waals surface area contributed by atoms with Crippen molar-refractivity contribution in [3.05, 3.63) is 32.6 Å². The summed E-state index contributed by atoms with van der Waals surface area (Å²) < 4.78 is 4.87. The minimum Gasteiger partial charge on any atom is -0.464 e. The average Bonchev–Trinajstić information content (AvgIpc) is 2.78. The first kappa shape index (κ1) is 12.3. The number of hydrogen-bond acceptors (Lipinski definition) is 5. The maximum Gasteiger partial charge on any atom is 0.330 e. The number of carbonyl (C=O) groups is 1. The van der Waals surface area contributed by atoms with Crippen LogP contribution in [0.5, 0.6) is 0 Å². The van der Waals surface area contributed by atoms with E-state index < -0.39 is 17.3 Å². The standard InChI is InChI=1S/C11H13N3O4/c1-2-18-10(16)8-4-3-7(13-8)6-5-12-11(17)14-9(6)15/h5,8H,2-4H2,1H3,(H2,12,14,15,17)/t8-/m0/s1. The molecule has 7 heteroatoms. The minimum atomic E-state index is -0.565. The Balaban J connectivity index is 2.25. The molecule has 7 nitrogen and oxygen atoms in total. The van der Waals surface area contributed by atoms with Gasteiger partial charge in [0.15, 0.2) is 0 Å². The maximum atomic E-state index is 11.6. The summed E-state index contributed by atoms with van der Waals surface area (Å²) in [5, 5.41) is 0. The summed E-state index contributed by atoms with van der Waals surface area (Å²) in [6, 6.07) is -0.550. The minimum absolute atomic E-state index is 0.293. The van der Waals surface area contributed by atoms with E-state index in [2.05, 4.69) is 15.0 Å². The molecule has 2 heterocycles. The molecule has 0 fully saturated rings. The van der Waals surface area contributed by atoms with Crippen molar-refractivity contribution in [1.82, 2.24) is 9.97 Å². The van der Waals surface area contributed by atoms with Crippen LogP contribution in [0.25, 0.3) is 0 Å². The number of aliphatic imine (C=N–C) groups is 1. The quantitative estimate of drug-likeness (QED) is 0.711. The summed E-state index contributed by atoms with van der Waals surface area (Å²) in [5.41, 5.74) is -0.252. The van der Waals surface area contributed by atoms with Crippen molar-refractivity contribution < 1.29 is 9.53 Å². The van der Waals surface area contributed by atoms with Gasteiger partial charge < -0.3 is 9.72 Å². The lowest BCUT2D eigenvalue weighted by molar-refractivity contribution is -0.144. The second kappa shape index (κ2) is 4.99. The number of H-pyrrole nitrogens is 2. The Morgan fingerprint density at radius 1 is 1.56 bits per heavy atom. The van der Waals surface area contributed by atoms with E-state index in [4.69, 9.17) is 4.74 Å². The van der Waals surface area contributed by atoms with Gasteiger partial charge in [-0.2, -0.15) is 0 Å². The lowest BCUT2D eigenvalue weighted by atomic mass is 10.1. The second-order valence-electron chi connectivity index (χ2n) is 3.87. The Labute approximate surface area is 102 Å².